The minimum atomic E-state index is -0.414. The highest BCUT2D eigenvalue weighted by Gasteiger charge is 2.21. The normalized spacial score (nSPS) is 13.6. The van der Waals surface area contributed by atoms with Gasteiger partial charge in [-0.25, -0.2) is 4.99 Å². The van der Waals surface area contributed by atoms with Crippen molar-refractivity contribution in [3.8, 4) is 6.07 Å². The summed E-state index contributed by atoms with van der Waals surface area (Å²) in [6, 6.07) is 5.36. The second-order valence-electron chi connectivity index (χ2n) is 4.34. The number of aliphatic imine (C=N–C) groups is 1. The Bertz CT molecular complexity index is 752. The summed E-state index contributed by atoms with van der Waals surface area (Å²) in [6.45, 7) is 0. The smallest absolute Gasteiger partial charge is 0.258 e. The van der Waals surface area contributed by atoms with Crippen molar-refractivity contribution in [2.45, 2.75) is 19.3 Å². The summed E-state index contributed by atoms with van der Waals surface area (Å²) in [5, 5.41) is 20.7. The molecular weight excluding hydrogens is 294 g/mol. The van der Waals surface area contributed by atoms with E-state index in [1.165, 1.54) is 10.9 Å². The van der Waals surface area contributed by atoms with Crippen LogP contribution in [0.4, 0.5) is 10.0 Å². The fourth-order valence-corrected chi connectivity index (χ4v) is 4.11. The molecule has 0 saturated heterocycles. The number of nitriles is 1. The maximum absolute atomic E-state index is 10.6. The molecule has 7 heteroatoms. The quantitative estimate of drug-likeness (QED) is 0.491. The summed E-state index contributed by atoms with van der Waals surface area (Å²) < 4.78 is 0. The van der Waals surface area contributed by atoms with E-state index in [2.05, 4.69) is 11.1 Å². The molecule has 0 aromatic carbocycles. The molecule has 0 fully saturated rings. The van der Waals surface area contributed by atoms with E-state index in [1.54, 1.807) is 23.6 Å². The highest BCUT2D eigenvalue weighted by Crippen LogP contribution is 2.40. The van der Waals surface area contributed by atoms with Gasteiger partial charge in [-0.1, -0.05) is 11.3 Å². The SMILES string of the molecule is N#Cc1c(N=Cc2ccc([N+](=O)[O-])s2)sc2c1CCC2. The lowest BCUT2D eigenvalue weighted by atomic mass is 10.1. The standard InChI is InChI=1S/C13H9N3O2S2/c14-6-10-9-2-1-3-11(9)20-13(10)15-7-8-4-5-12(19-8)16(17)18/h4-5,7H,1-3H2. The number of hydrogen-bond acceptors (Lipinski definition) is 6. The molecule has 0 aliphatic heterocycles. The summed E-state index contributed by atoms with van der Waals surface area (Å²) in [5.41, 5.74) is 1.81. The van der Waals surface area contributed by atoms with Gasteiger partial charge in [0.05, 0.1) is 15.4 Å². The first-order chi connectivity index (χ1) is 9.69. The van der Waals surface area contributed by atoms with E-state index in [1.807, 2.05) is 0 Å². The van der Waals surface area contributed by atoms with Crippen molar-refractivity contribution in [3.05, 3.63) is 43.1 Å². The second kappa shape index (κ2) is 5.15. The minimum absolute atomic E-state index is 0.0978. The zero-order chi connectivity index (χ0) is 14.1. The van der Waals surface area contributed by atoms with Gasteiger partial charge in [0, 0.05) is 17.2 Å². The van der Waals surface area contributed by atoms with Crippen molar-refractivity contribution in [2.24, 2.45) is 4.99 Å². The van der Waals surface area contributed by atoms with Crippen molar-refractivity contribution in [1.82, 2.24) is 0 Å². The molecule has 0 saturated carbocycles. The van der Waals surface area contributed by atoms with E-state index in [4.69, 9.17) is 0 Å². The van der Waals surface area contributed by atoms with Gasteiger partial charge >= 0.3 is 5.00 Å². The van der Waals surface area contributed by atoms with Crippen molar-refractivity contribution >= 4 is 38.9 Å². The molecule has 0 amide bonds. The first kappa shape index (κ1) is 13.0. The lowest BCUT2D eigenvalue weighted by Gasteiger charge is -1.91. The average molecular weight is 303 g/mol. The Morgan fingerprint density at radius 1 is 1.40 bits per heavy atom. The molecule has 0 bridgehead atoms. The fraction of sp³-hybridized carbons (Fsp3) is 0.231. The maximum atomic E-state index is 10.6. The molecule has 3 rings (SSSR count). The van der Waals surface area contributed by atoms with Gasteiger partial charge in [-0.15, -0.1) is 11.3 Å². The van der Waals surface area contributed by atoms with Crippen LogP contribution in [-0.2, 0) is 12.8 Å². The van der Waals surface area contributed by atoms with E-state index in [0.29, 0.717) is 15.4 Å². The Hall–Kier alpha value is -2.04. The number of rotatable bonds is 3. The molecular formula is C13H9N3O2S2. The average Bonchev–Trinajstić information content (AvgIpc) is 3.11. The Morgan fingerprint density at radius 2 is 2.25 bits per heavy atom. The summed E-state index contributed by atoms with van der Waals surface area (Å²) >= 11 is 2.63. The Labute approximate surface area is 123 Å². The molecule has 1 aliphatic carbocycles. The van der Waals surface area contributed by atoms with E-state index >= 15 is 0 Å². The van der Waals surface area contributed by atoms with Crippen LogP contribution in [0.5, 0.6) is 0 Å². The molecule has 1 aliphatic rings. The first-order valence-electron chi connectivity index (χ1n) is 6.02. The molecule has 2 heterocycles. The molecule has 100 valence electrons. The highest BCUT2D eigenvalue weighted by atomic mass is 32.1. The molecule has 0 atom stereocenters. The van der Waals surface area contributed by atoms with Gasteiger partial charge < -0.3 is 0 Å². The molecule has 0 spiro atoms. The van der Waals surface area contributed by atoms with Crippen LogP contribution in [0.15, 0.2) is 17.1 Å². The largest absolute Gasteiger partial charge is 0.324 e. The van der Waals surface area contributed by atoms with E-state index in [-0.39, 0.29) is 5.00 Å². The van der Waals surface area contributed by atoms with Crippen molar-refractivity contribution in [3.63, 3.8) is 0 Å². The van der Waals surface area contributed by atoms with E-state index in [0.717, 1.165) is 36.2 Å². The monoisotopic (exact) mass is 303 g/mol. The van der Waals surface area contributed by atoms with Crippen molar-refractivity contribution in [2.75, 3.05) is 0 Å². The van der Waals surface area contributed by atoms with Crippen molar-refractivity contribution in [1.29, 1.82) is 5.26 Å². The third-order valence-corrected chi connectivity index (χ3v) is 5.29. The zero-order valence-electron chi connectivity index (χ0n) is 10.3. The van der Waals surface area contributed by atoms with Gasteiger partial charge in [0.25, 0.3) is 0 Å². The van der Waals surface area contributed by atoms with Crippen LogP contribution >= 0.6 is 22.7 Å². The Morgan fingerprint density at radius 3 is 2.95 bits per heavy atom. The number of thiophene rings is 2. The number of nitrogens with zero attached hydrogens (tertiary/aromatic N) is 3. The zero-order valence-corrected chi connectivity index (χ0v) is 12.0. The van der Waals surface area contributed by atoms with Crippen LogP contribution in [-0.4, -0.2) is 11.1 Å². The summed E-state index contributed by atoms with van der Waals surface area (Å²) in [6.07, 6.45) is 4.68. The topological polar surface area (TPSA) is 79.3 Å². The molecule has 5 nitrogen and oxygen atoms in total. The van der Waals surface area contributed by atoms with Crippen LogP contribution in [0.2, 0.25) is 0 Å². The Balaban J connectivity index is 1.89. The molecule has 0 radical (unpaired) electrons. The summed E-state index contributed by atoms with van der Waals surface area (Å²) in [4.78, 5) is 16.5. The third-order valence-electron chi connectivity index (χ3n) is 3.12. The molecule has 20 heavy (non-hydrogen) atoms. The lowest BCUT2D eigenvalue weighted by molar-refractivity contribution is -0.380. The van der Waals surface area contributed by atoms with Gasteiger partial charge in [-0.2, -0.15) is 5.26 Å². The maximum Gasteiger partial charge on any atom is 0.324 e. The van der Waals surface area contributed by atoms with Gasteiger partial charge in [-0.05, 0) is 30.9 Å². The van der Waals surface area contributed by atoms with Gasteiger partial charge in [-0.3, -0.25) is 10.1 Å². The molecule has 2 aromatic rings. The van der Waals surface area contributed by atoms with Crippen LogP contribution in [0, 0.1) is 21.4 Å². The van der Waals surface area contributed by atoms with Crippen LogP contribution in [0.3, 0.4) is 0 Å². The van der Waals surface area contributed by atoms with E-state index in [9.17, 15) is 15.4 Å². The third kappa shape index (κ3) is 2.24. The molecule has 2 aromatic heterocycles. The van der Waals surface area contributed by atoms with Gasteiger partial charge in [0.1, 0.15) is 11.1 Å². The van der Waals surface area contributed by atoms with Crippen molar-refractivity contribution < 1.29 is 4.92 Å². The fourth-order valence-electron chi connectivity index (χ4n) is 2.23. The van der Waals surface area contributed by atoms with Gasteiger partial charge in [0.15, 0.2) is 0 Å². The number of nitro groups is 1. The van der Waals surface area contributed by atoms with Crippen LogP contribution in [0.1, 0.15) is 27.3 Å². The Kier molecular flexibility index (Phi) is 3.34. The minimum Gasteiger partial charge on any atom is -0.258 e. The summed E-state index contributed by atoms with van der Waals surface area (Å²) in [5.74, 6) is 0. The molecule has 0 unspecified atom stereocenters. The predicted octanol–water partition coefficient (Wildman–Crippen LogP) is 3.83. The number of aryl methyl sites for hydroxylation is 1. The van der Waals surface area contributed by atoms with Gasteiger partial charge in [0.2, 0.25) is 0 Å². The van der Waals surface area contributed by atoms with E-state index < -0.39 is 4.92 Å². The lowest BCUT2D eigenvalue weighted by Crippen LogP contribution is -1.81. The number of fused-ring (bicyclic) bond motifs is 1. The number of hydrogen-bond donors (Lipinski definition) is 0. The molecule has 0 N–H and O–H groups in total. The van der Waals surface area contributed by atoms with Crippen LogP contribution in [0.25, 0.3) is 0 Å². The summed E-state index contributed by atoms with van der Waals surface area (Å²) in [7, 11) is 0. The van der Waals surface area contributed by atoms with Crippen LogP contribution < -0.4 is 0 Å². The second-order valence-corrected chi connectivity index (χ2v) is 6.52. The highest BCUT2D eigenvalue weighted by molar-refractivity contribution is 7.17. The predicted molar refractivity (Wildman–Crippen MR) is 79.3 cm³/mol. The first-order valence-corrected chi connectivity index (χ1v) is 7.65.